The van der Waals surface area contributed by atoms with Gasteiger partial charge < -0.3 is 14.6 Å². The van der Waals surface area contributed by atoms with Crippen molar-refractivity contribution in [1.29, 1.82) is 0 Å². The Morgan fingerprint density at radius 3 is 2.64 bits per heavy atom. The molecule has 1 unspecified atom stereocenters. The summed E-state index contributed by atoms with van der Waals surface area (Å²) in [6.07, 6.45) is 1.15. The Kier molecular flexibility index (Phi) is 7.30. The van der Waals surface area contributed by atoms with Crippen LogP contribution in [0, 0.1) is 6.92 Å². The highest BCUT2D eigenvalue weighted by Crippen LogP contribution is 2.23. The highest BCUT2D eigenvalue weighted by atomic mass is 35.5. The predicted octanol–water partition coefficient (Wildman–Crippen LogP) is 5.89. The van der Waals surface area contributed by atoms with Crippen molar-refractivity contribution in [1.82, 2.24) is 14.9 Å². The first-order chi connectivity index (χ1) is 16.0. The zero-order valence-electron chi connectivity index (χ0n) is 18.9. The molecule has 0 spiro atoms. The monoisotopic (exact) mass is 461 g/mol. The largest absolute Gasteiger partial charge is 0.494 e. The van der Waals surface area contributed by atoms with Gasteiger partial charge in [-0.25, -0.2) is 4.98 Å². The van der Waals surface area contributed by atoms with E-state index in [1.165, 1.54) is 0 Å². The van der Waals surface area contributed by atoms with Gasteiger partial charge in [-0.15, -0.1) is 0 Å². The number of nitrogens with one attached hydrogen (secondary N) is 1. The molecule has 0 aliphatic rings. The van der Waals surface area contributed by atoms with Crippen LogP contribution in [0.15, 0.2) is 72.8 Å². The molecule has 5 nitrogen and oxygen atoms in total. The average Bonchev–Trinajstić information content (AvgIpc) is 3.18. The fourth-order valence-electron chi connectivity index (χ4n) is 3.92. The van der Waals surface area contributed by atoms with Gasteiger partial charge in [-0.05, 0) is 61.7 Å². The molecule has 0 saturated heterocycles. The number of aromatic nitrogens is 2. The number of hydrogen-bond donors (Lipinski definition) is 1. The normalized spacial score (nSPS) is 12.0. The van der Waals surface area contributed by atoms with Gasteiger partial charge in [0.05, 0.1) is 30.1 Å². The fraction of sp³-hybridized carbons (Fsp3) is 0.259. The van der Waals surface area contributed by atoms with E-state index in [9.17, 15) is 4.79 Å². The third-order valence-electron chi connectivity index (χ3n) is 5.58. The summed E-state index contributed by atoms with van der Waals surface area (Å²) in [5, 5.41) is 3.84. The van der Waals surface area contributed by atoms with Crippen LogP contribution in [0.5, 0.6) is 5.75 Å². The SMILES string of the molecule is Cc1cc(OCCCn2c(C(C)NC(=O)Cc3ccccc3)nc3ccccc32)ccc1Cl. The van der Waals surface area contributed by atoms with E-state index < -0.39 is 0 Å². The van der Waals surface area contributed by atoms with E-state index in [2.05, 4.69) is 16.0 Å². The number of hydrogen-bond acceptors (Lipinski definition) is 3. The number of carbonyl (C=O) groups is 1. The van der Waals surface area contributed by atoms with Crippen molar-refractivity contribution in [3.05, 3.63) is 94.8 Å². The zero-order chi connectivity index (χ0) is 23.2. The van der Waals surface area contributed by atoms with Gasteiger partial charge in [-0.3, -0.25) is 4.79 Å². The number of fused-ring (bicyclic) bond motifs is 1. The summed E-state index contributed by atoms with van der Waals surface area (Å²) in [5.41, 5.74) is 3.97. The second-order valence-electron chi connectivity index (χ2n) is 8.17. The Labute approximate surface area is 199 Å². The molecule has 1 atom stereocenters. The molecule has 1 N–H and O–H groups in total. The minimum atomic E-state index is -0.214. The number of carbonyl (C=O) groups excluding carboxylic acids is 1. The Hall–Kier alpha value is -3.31. The van der Waals surface area contributed by atoms with Crippen LogP contribution in [0.4, 0.5) is 0 Å². The lowest BCUT2D eigenvalue weighted by Gasteiger charge is -2.17. The third-order valence-corrected chi connectivity index (χ3v) is 6.00. The van der Waals surface area contributed by atoms with E-state index in [1.54, 1.807) is 0 Å². The van der Waals surface area contributed by atoms with Crippen LogP contribution in [0.3, 0.4) is 0 Å². The van der Waals surface area contributed by atoms with Crippen molar-refractivity contribution < 1.29 is 9.53 Å². The summed E-state index contributed by atoms with van der Waals surface area (Å²) in [5.74, 6) is 1.64. The minimum Gasteiger partial charge on any atom is -0.494 e. The molecular weight excluding hydrogens is 434 g/mol. The van der Waals surface area contributed by atoms with Crippen LogP contribution in [0.25, 0.3) is 11.0 Å². The van der Waals surface area contributed by atoms with Gasteiger partial charge >= 0.3 is 0 Å². The molecule has 4 rings (SSSR count). The van der Waals surface area contributed by atoms with Gasteiger partial charge in [0.1, 0.15) is 11.6 Å². The standard InChI is InChI=1S/C27H28ClN3O2/c1-19-17-22(13-14-23(19)28)33-16-8-15-31-25-12-7-6-11-24(25)30-27(31)20(2)29-26(32)18-21-9-4-3-5-10-21/h3-7,9-14,17,20H,8,15-16,18H2,1-2H3,(H,29,32). The van der Waals surface area contributed by atoms with E-state index in [1.807, 2.05) is 80.6 Å². The van der Waals surface area contributed by atoms with Crippen LogP contribution < -0.4 is 10.1 Å². The molecule has 0 saturated carbocycles. The molecule has 170 valence electrons. The Bertz CT molecular complexity index is 1240. The summed E-state index contributed by atoms with van der Waals surface area (Å²) >= 11 is 6.10. The number of halogens is 1. The quantitative estimate of drug-likeness (QED) is 0.316. The first kappa shape index (κ1) is 22.9. The second-order valence-corrected chi connectivity index (χ2v) is 8.58. The second kappa shape index (κ2) is 10.5. The Balaban J connectivity index is 1.43. The van der Waals surface area contributed by atoms with Gasteiger partial charge in [0.15, 0.2) is 0 Å². The molecule has 0 fully saturated rings. The van der Waals surface area contributed by atoms with Crippen molar-refractivity contribution in [3.8, 4) is 5.75 Å². The number of nitrogens with zero attached hydrogens (tertiary/aromatic N) is 2. The highest BCUT2D eigenvalue weighted by Gasteiger charge is 2.18. The molecule has 1 aromatic heterocycles. The number of amides is 1. The Morgan fingerprint density at radius 2 is 1.85 bits per heavy atom. The maximum absolute atomic E-state index is 12.6. The van der Waals surface area contributed by atoms with Gasteiger partial charge in [-0.2, -0.15) is 0 Å². The number of benzene rings is 3. The lowest BCUT2D eigenvalue weighted by atomic mass is 10.1. The van der Waals surface area contributed by atoms with Crippen LogP contribution >= 0.6 is 11.6 Å². The van der Waals surface area contributed by atoms with Gasteiger partial charge in [0.2, 0.25) is 5.91 Å². The zero-order valence-corrected chi connectivity index (χ0v) is 19.7. The smallest absolute Gasteiger partial charge is 0.224 e. The molecule has 0 aliphatic heterocycles. The van der Waals surface area contributed by atoms with Crippen LogP contribution in [-0.2, 0) is 17.8 Å². The minimum absolute atomic E-state index is 0.0197. The molecular formula is C27H28ClN3O2. The van der Waals surface area contributed by atoms with Gasteiger partial charge in [0.25, 0.3) is 0 Å². The Morgan fingerprint density at radius 1 is 1.09 bits per heavy atom. The topological polar surface area (TPSA) is 56.1 Å². The summed E-state index contributed by atoms with van der Waals surface area (Å²) in [6, 6.07) is 23.3. The molecule has 1 heterocycles. The number of rotatable bonds is 9. The maximum Gasteiger partial charge on any atom is 0.224 e. The number of ether oxygens (including phenoxy) is 1. The average molecular weight is 462 g/mol. The van der Waals surface area contributed by atoms with Gasteiger partial charge in [0, 0.05) is 11.6 Å². The highest BCUT2D eigenvalue weighted by molar-refractivity contribution is 6.31. The number of para-hydroxylation sites is 2. The van der Waals surface area contributed by atoms with Crippen LogP contribution in [0.1, 0.15) is 36.3 Å². The molecule has 6 heteroatoms. The lowest BCUT2D eigenvalue weighted by molar-refractivity contribution is -0.121. The van der Waals surface area contributed by atoms with Crippen molar-refractivity contribution in [2.45, 2.75) is 39.3 Å². The van der Waals surface area contributed by atoms with E-state index >= 15 is 0 Å². The fourth-order valence-corrected chi connectivity index (χ4v) is 4.04. The predicted molar refractivity (Wildman–Crippen MR) is 133 cm³/mol. The molecule has 33 heavy (non-hydrogen) atoms. The molecule has 0 radical (unpaired) electrons. The first-order valence-corrected chi connectivity index (χ1v) is 11.6. The summed E-state index contributed by atoms with van der Waals surface area (Å²) in [6.45, 7) is 5.25. The van der Waals surface area contributed by atoms with E-state index in [0.29, 0.717) is 13.0 Å². The lowest BCUT2D eigenvalue weighted by Crippen LogP contribution is -2.30. The third kappa shape index (κ3) is 5.74. The molecule has 0 aliphatic carbocycles. The van der Waals surface area contributed by atoms with E-state index in [4.69, 9.17) is 21.3 Å². The van der Waals surface area contributed by atoms with Crippen molar-refractivity contribution >= 4 is 28.5 Å². The van der Waals surface area contributed by atoms with E-state index in [-0.39, 0.29) is 11.9 Å². The molecule has 3 aromatic carbocycles. The first-order valence-electron chi connectivity index (χ1n) is 11.2. The van der Waals surface area contributed by atoms with Gasteiger partial charge in [-0.1, -0.05) is 54.1 Å². The molecule has 1 amide bonds. The summed E-state index contributed by atoms with van der Waals surface area (Å²) in [7, 11) is 0. The molecule has 4 aromatic rings. The summed E-state index contributed by atoms with van der Waals surface area (Å²) in [4.78, 5) is 17.4. The number of aryl methyl sites for hydroxylation is 2. The van der Waals surface area contributed by atoms with Crippen molar-refractivity contribution in [3.63, 3.8) is 0 Å². The van der Waals surface area contributed by atoms with Crippen molar-refractivity contribution in [2.24, 2.45) is 0 Å². The summed E-state index contributed by atoms with van der Waals surface area (Å²) < 4.78 is 8.10. The van der Waals surface area contributed by atoms with Crippen LogP contribution in [0.2, 0.25) is 5.02 Å². The maximum atomic E-state index is 12.6. The molecule has 0 bridgehead atoms. The number of imidazole rings is 1. The van der Waals surface area contributed by atoms with E-state index in [0.717, 1.165) is 51.7 Å². The van der Waals surface area contributed by atoms with Crippen LogP contribution in [-0.4, -0.2) is 22.1 Å². The van der Waals surface area contributed by atoms with Crippen molar-refractivity contribution in [2.75, 3.05) is 6.61 Å².